The van der Waals surface area contributed by atoms with Crippen LogP contribution in [-0.4, -0.2) is 79.6 Å². The fourth-order valence-electron chi connectivity index (χ4n) is 4.46. The summed E-state index contributed by atoms with van der Waals surface area (Å²) in [5.74, 6) is 5.56. The first-order valence-corrected chi connectivity index (χ1v) is 14.8. The van der Waals surface area contributed by atoms with Gasteiger partial charge in [0, 0.05) is 44.0 Å². The molecular formula is C31H38N10O7. The molecule has 254 valence electrons. The van der Waals surface area contributed by atoms with Gasteiger partial charge < -0.3 is 30.6 Å². The number of hydrogen-bond donors (Lipinski definition) is 4. The largest absolute Gasteiger partial charge is 0.494 e. The van der Waals surface area contributed by atoms with Crippen LogP contribution in [0.2, 0.25) is 0 Å². The summed E-state index contributed by atoms with van der Waals surface area (Å²) in [6.07, 6.45) is 4.17. The molecule has 2 aromatic heterocycles. The van der Waals surface area contributed by atoms with Crippen LogP contribution in [0.15, 0.2) is 58.9 Å². The van der Waals surface area contributed by atoms with Crippen LogP contribution in [0.3, 0.4) is 0 Å². The fourth-order valence-corrected chi connectivity index (χ4v) is 4.46. The van der Waals surface area contributed by atoms with E-state index < -0.39 is 12.1 Å². The lowest BCUT2D eigenvalue weighted by molar-refractivity contribution is -0.143. The number of anilines is 2. The predicted octanol–water partition coefficient (Wildman–Crippen LogP) is 1.20. The minimum absolute atomic E-state index is 0.0230. The van der Waals surface area contributed by atoms with E-state index in [0.29, 0.717) is 23.1 Å². The number of amidine groups is 1. The Morgan fingerprint density at radius 3 is 2.60 bits per heavy atom. The summed E-state index contributed by atoms with van der Waals surface area (Å²) in [6, 6.07) is 9.83. The van der Waals surface area contributed by atoms with Gasteiger partial charge in [0.1, 0.15) is 23.9 Å². The number of hydrazine groups is 1. The molecule has 1 saturated carbocycles. The molecule has 17 nitrogen and oxygen atoms in total. The van der Waals surface area contributed by atoms with Gasteiger partial charge in [0.15, 0.2) is 24.6 Å². The molecule has 1 aliphatic rings. The molecule has 0 saturated heterocycles. The maximum Gasteiger partial charge on any atom is 0.416 e. The lowest BCUT2D eigenvalue weighted by atomic mass is 10.1. The Labute approximate surface area is 276 Å². The summed E-state index contributed by atoms with van der Waals surface area (Å²) in [6.45, 7) is -0.477. The summed E-state index contributed by atoms with van der Waals surface area (Å²) < 4.78 is 17.8. The third kappa shape index (κ3) is 8.92. The number of rotatable bonds is 14. The summed E-state index contributed by atoms with van der Waals surface area (Å²) in [5.41, 5.74) is 7.45. The number of methoxy groups -OCH3 is 1. The summed E-state index contributed by atoms with van der Waals surface area (Å²) >= 11 is 0. The second kappa shape index (κ2) is 16.1. The summed E-state index contributed by atoms with van der Waals surface area (Å²) in [7, 11) is 6.02. The molecule has 0 bridgehead atoms. The predicted molar refractivity (Wildman–Crippen MR) is 175 cm³/mol. The van der Waals surface area contributed by atoms with Gasteiger partial charge in [0.2, 0.25) is 5.91 Å². The van der Waals surface area contributed by atoms with E-state index in [4.69, 9.17) is 25.8 Å². The lowest BCUT2D eigenvalue weighted by Gasteiger charge is -2.21. The molecule has 1 aromatic carbocycles. The van der Waals surface area contributed by atoms with Crippen molar-refractivity contribution in [1.82, 2.24) is 20.0 Å². The van der Waals surface area contributed by atoms with Crippen molar-refractivity contribution < 1.29 is 33.4 Å². The summed E-state index contributed by atoms with van der Waals surface area (Å²) in [4.78, 5) is 60.2. The van der Waals surface area contributed by atoms with Gasteiger partial charge >= 0.3 is 12.1 Å². The Morgan fingerprint density at radius 1 is 1.17 bits per heavy atom. The van der Waals surface area contributed by atoms with E-state index in [-0.39, 0.29) is 65.8 Å². The molecule has 1 fully saturated rings. The van der Waals surface area contributed by atoms with Crippen LogP contribution in [0.25, 0.3) is 0 Å². The van der Waals surface area contributed by atoms with Crippen LogP contribution in [0.1, 0.15) is 34.3 Å². The van der Waals surface area contributed by atoms with E-state index in [1.54, 1.807) is 37.4 Å². The smallest absolute Gasteiger partial charge is 0.416 e. The zero-order valence-electron chi connectivity index (χ0n) is 27.0. The number of carbonyl (C=O) groups is 4. The Balaban J connectivity index is 1.65. The zero-order valence-corrected chi connectivity index (χ0v) is 27.0. The van der Waals surface area contributed by atoms with Crippen molar-refractivity contribution in [2.75, 3.05) is 45.0 Å². The van der Waals surface area contributed by atoms with Crippen molar-refractivity contribution >= 4 is 47.4 Å². The van der Waals surface area contributed by atoms with Crippen LogP contribution >= 0.6 is 0 Å². The van der Waals surface area contributed by atoms with Crippen LogP contribution < -0.4 is 37.2 Å². The molecule has 0 spiro atoms. The average molecular weight is 663 g/mol. The minimum atomic E-state index is -0.797. The quantitative estimate of drug-likeness (QED) is 0.0478. The zero-order chi connectivity index (χ0) is 34.8. The highest BCUT2D eigenvalue weighted by atomic mass is 16.6. The molecule has 4 rings (SSSR count). The molecule has 0 aliphatic heterocycles. The molecule has 17 heteroatoms. The number of nitrogens with two attached hydrogens (primary N) is 2. The van der Waals surface area contributed by atoms with Gasteiger partial charge in [-0.15, -0.1) is 5.10 Å². The number of aldehydes is 1. The number of hydrogen-bond acceptors (Lipinski definition) is 13. The first-order chi connectivity index (χ1) is 23.1. The highest BCUT2D eigenvalue weighted by Gasteiger charge is 2.30. The van der Waals surface area contributed by atoms with Crippen LogP contribution in [0.4, 0.5) is 22.1 Å². The van der Waals surface area contributed by atoms with Crippen molar-refractivity contribution in [2.45, 2.75) is 26.2 Å². The van der Waals surface area contributed by atoms with Crippen molar-refractivity contribution in [3.63, 3.8) is 0 Å². The lowest BCUT2D eigenvalue weighted by Crippen LogP contribution is -2.31. The molecule has 1 aliphatic carbocycles. The van der Waals surface area contributed by atoms with E-state index >= 15 is 0 Å². The highest BCUT2D eigenvalue weighted by Crippen LogP contribution is 2.32. The monoisotopic (exact) mass is 662 g/mol. The van der Waals surface area contributed by atoms with Crippen molar-refractivity contribution in [3.05, 3.63) is 70.8 Å². The molecule has 48 heavy (non-hydrogen) atoms. The molecule has 0 atom stereocenters. The van der Waals surface area contributed by atoms with Crippen LogP contribution in [-0.2, 0) is 32.4 Å². The van der Waals surface area contributed by atoms with E-state index in [9.17, 15) is 19.2 Å². The molecule has 3 aromatic rings. The van der Waals surface area contributed by atoms with Gasteiger partial charge in [-0.25, -0.2) is 25.7 Å². The Kier molecular flexibility index (Phi) is 11.8. The number of amides is 2. The minimum Gasteiger partial charge on any atom is -0.494 e. The normalized spacial score (nSPS) is 13.0. The second-order valence-electron chi connectivity index (χ2n) is 10.7. The molecule has 2 heterocycles. The number of likely N-dealkylation sites (N-methyl/N-ethyl adjacent to an activating group) is 1. The van der Waals surface area contributed by atoms with E-state index in [1.807, 2.05) is 0 Å². The number of ether oxygens (including phenoxy) is 3. The van der Waals surface area contributed by atoms with Crippen molar-refractivity contribution in [2.24, 2.45) is 27.6 Å². The average Bonchev–Trinajstić information content (AvgIpc) is 3.92. The van der Waals surface area contributed by atoms with Crippen LogP contribution in [0.5, 0.6) is 5.75 Å². The van der Waals surface area contributed by atoms with Gasteiger partial charge in [-0.1, -0.05) is 12.1 Å². The van der Waals surface area contributed by atoms with Gasteiger partial charge in [-0.3, -0.25) is 23.9 Å². The maximum absolute atomic E-state index is 13.2. The standard InChI is InChI=1S/C31H38N10O7/c1-34-14-26(43)47-17-20-7-6-12-35-29(20)39(2)31(45)48-18-41-15-21(16-42)24(13-25(41)37-30(44)19-10-11-19)36-23-9-5-8-22(27(23)46-4)28(32)38-40(3)33/h5-9,12-13,15-16,19,34H,10-11,14,17-18,33H2,1-4H3,(H2,32,38)(H,37,44). The van der Waals surface area contributed by atoms with E-state index in [1.165, 1.54) is 44.2 Å². The highest BCUT2D eigenvalue weighted by molar-refractivity contribution is 6.01. The third-order valence-electron chi connectivity index (χ3n) is 6.98. The third-order valence-corrected chi connectivity index (χ3v) is 6.98. The fraction of sp³-hybridized carbons (Fsp3) is 0.323. The molecular weight excluding hydrogens is 624 g/mol. The number of para-hydroxylation sites is 1. The number of hydrazone groups is 1. The molecule has 0 unspecified atom stereocenters. The number of benzene rings is 1. The maximum atomic E-state index is 13.2. The van der Waals surface area contributed by atoms with Crippen LogP contribution in [0, 0.1) is 5.92 Å². The number of nitrogens with zero attached hydrogens (tertiary/aromatic N) is 6. The first kappa shape index (κ1) is 35.1. The molecule has 6 N–H and O–H groups in total. The van der Waals surface area contributed by atoms with Gasteiger partial charge in [-0.2, -0.15) is 0 Å². The van der Waals surface area contributed by atoms with Crippen molar-refractivity contribution in [1.29, 1.82) is 0 Å². The Morgan fingerprint density at radius 2 is 1.94 bits per heavy atom. The van der Waals surface area contributed by atoms with Gasteiger partial charge in [0.25, 0.3) is 0 Å². The van der Waals surface area contributed by atoms with Gasteiger partial charge in [0.05, 0.1) is 30.1 Å². The SMILES string of the molecule is CNCC(=O)OCc1cccnc1N(C)C(=O)OCn1cc(C=O)c(=Nc2cccc(/C(N)=N/N(C)N)c2OC)cc1NC(=O)C1CC1. The van der Waals surface area contributed by atoms with E-state index in [0.717, 1.165) is 22.9 Å². The summed E-state index contributed by atoms with van der Waals surface area (Å²) in [5, 5.41) is 10.8. The number of esters is 1. The Bertz CT molecular complexity index is 1770. The molecule has 2 amide bonds. The van der Waals surface area contributed by atoms with Gasteiger partial charge in [-0.05, 0) is 38.1 Å². The first-order valence-electron chi connectivity index (χ1n) is 14.8. The number of pyridine rings is 2. The van der Waals surface area contributed by atoms with E-state index in [2.05, 4.69) is 25.7 Å². The number of aromatic nitrogens is 2. The topological polar surface area (TPSA) is 221 Å². The number of nitrogens with one attached hydrogen (secondary N) is 2. The second-order valence-corrected chi connectivity index (χ2v) is 10.7. The Hall–Kier alpha value is -5.81. The number of carbonyl (C=O) groups excluding carboxylic acids is 4. The molecule has 0 radical (unpaired) electrons. The van der Waals surface area contributed by atoms with Crippen molar-refractivity contribution in [3.8, 4) is 5.75 Å².